The van der Waals surface area contributed by atoms with Gasteiger partial charge >= 0.3 is 12.1 Å². The molecule has 0 saturated heterocycles. The Balaban J connectivity index is 2.80. The Hall–Kier alpha value is -2.26. The quantitative estimate of drug-likeness (QED) is 0.527. The van der Waals surface area contributed by atoms with E-state index in [-0.39, 0.29) is 17.7 Å². The summed E-state index contributed by atoms with van der Waals surface area (Å²) in [7, 11) is 0.862. The minimum Gasteiger partial charge on any atom is -0.466 e. The lowest BCUT2D eigenvalue weighted by Gasteiger charge is -2.44. The van der Waals surface area contributed by atoms with Gasteiger partial charge < -0.3 is 15.2 Å². The second-order valence-electron chi connectivity index (χ2n) is 7.02. The number of ether oxygens (including phenoxy) is 2. The molecule has 3 unspecified atom stereocenters. The van der Waals surface area contributed by atoms with Crippen LogP contribution in [0.25, 0.3) is 5.57 Å². The standard InChI is InChI=1S/C21H24F5NO3/c1-5-30-15(28)10-14(27)20(29-4)18(22)16(13-9-7-6-8-11(13)2)12(3)17(19(20)23)21(24,25)26/h6-9,14,18H,5,10,27H2,1-4H3. The van der Waals surface area contributed by atoms with E-state index in [1.807, 2.05) is 0 Å². The van der Waals surface area contributed by atoms with E-state index in [1.54, 1.807) is 19.1 Å². The molecule has 1 aliphatic rings. The molecule has 0 radical (unpaired) electrons. The van der Waals surface area contributed by atoms with Gasteiger partial charge in [0.25, 0.3) is 0 Å². The molecule has 0 aromatic heterocycles. The molecule has 2 rings (SSSR count). The van der Waals surface area contributed by atoms with E-state index in [4.69, 9.17) is 15.2 Å². The molecule has 9 heteroatoms. The van der Waals surface area contributed by atoms with Crippen molar-refractivity contribution < 1.29 is 36.2 Å². The Bertz CT molecular complexity index is 878. The highest BCUT2D eigenvalue weighted by Gasteiger charge is 2.59. The summed E-state index contributed by atoms with van der Waals surface area (Å²) in [6.07, 6.45) is -8.28. The first-order chi connectivity index (χ1) is 13.9. The number of halogens is 5. The molecular weight excluding hydrogens is 409 g/mol. The number of hydrogen-bond acceptors (Lipinski definition) is 4. The first kappa shape index (κ1) is 24.0. The van der Waals surface area contributed by atoms with Crippen molar-refractivity contribution in [3.8, 4) is 0 Å². The number of carbonyl (C=O) groups excluding carboxylic acids is 1. The summed E-state index contributed by atoms with van der Waals surface area (Å²) in [6, 6.07) is 4.43. The Labute approximate surface area is 171 Å². The maximum absolute atomic E-state index is 15.9. The number of benzene rings is 1. The third kappa shape index (κ3) is 4.00. The number of alkyl halides is 4. The van der Waals surface area contributed by atoms with Gasteiger partial charge in [0.2, 0.25) is 0 Å². The van der Waals surface area contributed by atoms with E-state index in [9.17, 15) is 18.0 Å². The molecule has 0 heterocycles. The van der Waals surface area contributed by atoms with E-state index in [1.165, 1.54) is 19.1 Å². The predicted molar refractivity (Wildman–Crippen MR) is 102 cm³/mol. The van der Waals surface area contributed by atoms with Crippen molar-refractivity contribution in [1.29, 1.82) is 0 Å². The number of carbonyl (C=O) groups is 1. The van der Waals surface area contributed by atoms with Gasteiger partial charge in [-0.15, -0.1) is 0 Å². The number of aryl methyl sites for hydroxylation is 1. The number of rotatable bonds is 6. The lowest BCUT2D eigenvalue weighted by Crippen LogP contribution is -2.60. The van der Waals surface area contributed by atoms with Crippen LogP contribution in [0.2, 0.25) is 0 Å². The minimum atomic E-state index is -5.14. The zero-order valence-corrected chi connectivity index (χ0v) is 17.1. The van der Waals surface area contributed by atoms with Gasteiger partial charge in [0.1, 0.15) is 5.83 Å². The average Bonchev–Trinajstić information content (AvgIpc) is 2.63. The fourth-order valence-corrected chi connectivity index (χ4v) is 3.81. The molecule has 2 N–H and O–H groups in total. The molecule has 1 aliphatic carbocycles. The van der Waals surface area contributed by atoms with Gasteiger partial charge in [0, 0.05) is 12.7 Å². The summed E-state index contributed by atoms with van der Waals surface area (Å²) < 4.78 is 82.6. The van der Waals surface area contributed by atoms with Crippen LogP contribution in [0, 0.1) is 6.92 Å². The third-order valence-corrected chi connectivity index (χ3v) is 5.27. The summed E-state index contributed by atoms with van der Waals surface area (Å²) in [5.74, 6) is -2.80. The van der Waals surface area contributed by atoms with E-state index in [0.717, 1.165) is 14.0 Å². The summed E-state index contributed by atoms with van der Waals surface area (Å²) >= 11 is 0. The second-order valence-corrected chi connectivity index (χ2v) is 7.02. The summed E-state index contributed by atoms with van der Waals surface area (Å²) in [5, 5.41) is 0. The number of esters is 1. The molecule has 0 aliphatic heterocycles. The predicted octanol–water partition coefficient (Wildman–Crippen LogP) is 4.57. The van der Waals surface area contributed by atoms with Crippen molar-refractivity contribution in [3.05, 3.63) is 52.4 Å². The van der Waals surface area contributed by atoms with Gasteiger partial charge in [0.15, 0.2) is 11.8 Å². The summed E-state index contributed by atoms with van der Waals surface area (Å²) in [5.41, 5.74) is 1.07. The maximum atomic E-state index is 15.9. The fraction of sp³-hybridized carbons (Fsp3) is 0.476. The van der Waals surface area contributed by atoms with Gasteiger partial charge in [-0.2, -0.15) is 13.2 Å². The second kappa shape index (κ2) is 8.85. The van der Waals surface area contributed by atoms with Crippen LogP contribution in [0.5, 0.6) is 0 Å². The van der Waals surface area contributed by atoms with Gasteiger partial charge in [-0.1, -0.05) is 24.3 Å². The Morgan fingerprint density at radius 3 is 2.37 bits per heavy atom. The Morgan fingerprint density at radius 2 is 1.87 bits per heavy atom. The van der Waals surface area contributed by atoms with Crippen LogP contribution >= 0.6 is 0 Å². The summed E-state index contributed by atoms with van der Waals surface area (Å²) in [6.45, 7) is 4.09. The molecule has 3 atom stereocenters. The van der Waals surface area contributed by atoms with Crippen LogP contribution in [-0.2, 0) is 14.3 Å². The van der Waals surface area contributed by atoms with E-state index in [0.29, 0.717) is 5.56 Å². The van der Waals surface area contributed by atoms with Crippen molar-refractivity contribution in [3.63, 3.8) is 0 Å². The van der Waals surface area contributed by atoms with Crippen LogP contribution in [-0.4, -0.2) is 43.7 Å². The first-order valence-corrected chi connectivity index (χ1v) is 9.28. The highest BCUT2D eigenvalue weighted by Crippen LogP contribution is 2.52. The van der Waals surface area contributed by atoms with Crippen LogP contribution < -0.4 is 5.73 Å². The molecule has 0 amide bonds. The molecule has 1 aromatic carbocycles. The lowest BCUT2D eigenvalue weighted by molar-refractivity contribution is -0.146. The van der Waals surface area contributed by atoms with E-state index >= 15 is 8.78 Å². The fourth-order valence-electron chi connectivity index (χ4n) is 3.81. The van der Waals surface area contributed by atoms with Crippen molar-refractivity contribution in [2.24, 2.45) is 5.73 Å². The van der Waals surface area contributed by atoms with Gasteiger partial charge in [-0.25, -0.2) is 8.78 Å². The molecule has 0 spiro atoms. The third-order valence-electron chi connectivity index (χ3n) is 5.27. The molecule has 1 aromatic rings. The normalized spacial score (nSPS) is 23.6. The topological polar surface area (TPSA) is 61.5 Å². The van der Waals surface area contributed by atoms with Crippen LogP contribution in [0.15, 0.2) is 41.2 Å². The average molecular weight is 433 g/mol. The molecule has 0 fully saturated rings. The van der Waals surface area contributed by atoms with Crippen molar-refractivity contribution in [1.82, 2.24) is 0 Å². The highest BCUT2D eigenvalue weighted by atomic mass is 19.4. The summed E-state index contributed by atoms with van der Waals surface area (Å²) in [4.78, 5) is 11.9. The minimum absolute atomic E-state index is 0.0236. The first-order valence-electron chi connectivity index (χ1n) is 9.28. The smallest absolute Gasteiger partial charge is 0.419 e. The van der Waals surface area contributed by atoms with Gasteiger partial charge in [-0.3, -0.25) is 4.79 Å². The van der Waals surface area contributed by atoms with Gasteiger partial charge in [0.05, 0.1) is 24.6 Å². The molecule has 4 nitrogen and oxygen atoms in total. The number of allylic oxidation sites excluding steroid dienone is 2. The molecular formula is C21H24F5NO3. The zero-order valence-electron chi connectivity index (χ0n) is 17.1. The van der Waals surface area contributed by atoms with Gasteiger partial charge in [-0.05, 0) is 37.5 Å². The molecule has 30 heavy (non-hydrogen) atoms. The van der Waals surface area contributed by atoms with Crippen LogP contribution in [0.3, 0.4) is 0 Å². The number of hydrogen-bond donors (Lipinski definition) is 1. The largest absolute Gasteiger partial charge is 0.466 e. The highest BCUT2D eigenvalue weighted by molar-refractivity contribution is 5.81. The molecule has 0 bridgehead atoms. The van der Waals surface area contributed by atoms with Crippen LogP contribution in [0.1, 0.15) is 31.4 Å². The maximum Gasteiger partial charge on any atom is 0.419 e. The van der Waals surface area contributed by atoms with E-state index < -0.39 is 53.4 Å². The van der Waals surface area contributed by atoms with Crippen molar-refractivity contribution in [2.75, 3.05) is 13.7 Å². The number of methoxy groups -OCH3 is 1. The molecule has 166 valence electrons. The Kier molecular flexibility index (Phi) is 7.08. The lowest BCUT2D eigenvalue weighted by atomic mass is 9.72. The Morgan fingerprint density at radius 1 is 1.27 bits per heavy atom. The van der Waals surface area contributed by atoms with Crippen molar-refractivity contribution >= 4 is 11.5 Å². The van der Waals surface area contributed by atoms with E-state index in [2.05, 4.69) is 0 Å². The zero-order chi connectivity index (χ0) is 22.9. The SMILES string of the molecule is CCOC(=O)CC(N)C1(OC)C(F)=C(C(F)(F)F)C(C)=C(c2ccccc2C)C1F. The molecule has 0 saturated carbocycles. The number of nitrogens with two attached hydrogens (primary N) is 1. The van der Waals surface area contributed by atoms with Crippen molar-refractivity contribution in [2.45, 2.75) is 51.2 Å². The van der Waals surface area contributed by atoms with Crippen LogP contribution in [0.4, 0.5) is 22.0 Å². The monoisotopic (exact) mass is 433 g/mol.